The molecule has 1 aliphatic heterocycles. The third-order valence-corrected chi connectivity index (χ3v) is 4.87. The smallest absolute Gasteiger partial charge is 0.322 e. The molecule has 5 heteroatoms. The number of nitrogens with one attached hydrogen (secondary N) is 2. The maximum Gasteiger partial charge on any atom is 0.322 e. The molecule has 1 heterocycles. The van der Waals surface area contributed by atoms with Crippen molar-refractivity contribution in [2.45, 2.75) is 45.7 Å². The Labute approximate surface area is 160 Å². The molecule has 0 bridgehead atoms. The molecule has 0 aliphatic carbocycles. The lowest BCUT2D eigenvalue weighted by Gasteiger charge is -2.29. The first kappa shape index (κ1) is 19.0. The zero-order valence-corrected chi connectivity index (χ0v) is 16.2. The number of carbonyl (C=O) groups excluding carboxylic acids is 2. The number of aryl methyl sites for hydroxylation is 1. The number of hydrogen-bond donors (Lipinski definition) is 2. The molecule has 1 unspecified atom stereocenters. The van der Waals surface area contributed by atoms with E-state index in [9.17, 15) is 9.59 Å². The summed E-state index contributed by atoms with van der Waals surface area (Å²) >= 11 is 0. The van der Waals surface area contributed by atoms with Crippen molar-refractivity contribution in [1.82, 2.24) is 10.2 Å². The number of benzene rings is 2. The minimum absolute atomic E-state index is 0.0364. The van der Waals surface area contributed by atoms with Gasteiger partial charge in [-0.25, -0.2) is 4.79 Å². The summed E-state index contributed by atoms with van der Waals surface area (Å²) in [6.45, 7) is 6.57. The summed E-state index contributed by atoms with van der Waals surface area (Å²) in [5.74, 6) is 0.0656. The van der Waals surface area contributed by atoms with Crippen LogP contribution in [0.3, 0.4) is 0 Å². The molecule has 0 radical (unpaired) electrons. The van der Waals surface area contributed by atoms with Crippen molar-refractivity contribution in [1.29, 1.82) is 0 Å². The maximum atomic E-state index is 12.7. The van der Waals surface area contributed by atoms with Crippen molar-refractivity contribution in [2.75, 3.05) is 11.9 Å². The molecule has 5 nitrogen and oxygen atoms in total. The highest BCUT2D eigenvalue weighted by Gasteiger charge is 2.26. The van der Waals surface area contributed by atoms with E-state index in [1.165, 1.54) is 5.56 Å². The van der Waals surface area contributed by atoms with Crippen LogP contribution in [0.2, 0.25) is 0 Å². The zero-order valence-electron chi connectivity index (χ0n) is 16.2. The SMILES string of the molecule is Cc1cccc(-c2ccc(NC(=O)N(CC3CCC(=O)N3)C(C)C)cc2)c1. The molecule has 1 aliphatic rings. The van der Waals surface area contributed by atoms with E-state index in [1.807, 2.05) is 44.2 Å². The van der Waals surface area contributed by atoms with Gasteiger partial charge < -0.3 is 15.5 Å². The van der Waals surface area contributed by atoms with E-state index in [-0.39, 0.29) is 24.0 Å². The second-order valence-electron chi connectivity index (χ2n) is 7.43. The lowest BCUT2D eigenvalue weighted by molar-refractivity contribution is -0.119. The van der Waals surface area contributed by atoms with E-state index >= 15 is 0 Å². The van der Waals surface area contributed by atoms with Gasteiger partial charge in [0, 0.05) is 30.7 Å². The van der Waals surface area contributed by atoms with Gasteiger partial charge in [-0.2, -0.15) is 0 Å². The molecule has 142 valence electrons. The van der Waals surface area contributed by atoms with Crippen LogP contribution in [0.5, 0.6) is 0 Å². The van der Waals surface area contributed by atoms with Crippen LogP contribution in [0.1, 0.15) is 32.3 Å². The van der Waals surface area contributed by atoms with Crippen molar-refractivity contribution in [3.63, 3.8) is 0 Å². The Kier molecular flexibility index (Phi) is 5.79. The van der Waals surface area contributed by atoms with Crippen LogP contribution in [0.15, 0.2) is 48.5 Å². The van der Waals surface area contributed by atoms with Gasteiger partial charge in [-0.15, -0.1) is 0 Å². The van der Waals surface area contributed by atoms with Crippen molar-refractivity contribution in [2.24, 2.45) is 0 Å². The Morgan fingerprint density at radius 2 is 1.93 bits per heavy atom. The highest BCUT2D eigenvalue weighted by atomic mass is 16.2. The highest BCUT2D eigenvalue weighted by molar-refractivity contribution is 5.90. The molecule has 0 aromatic heterocycles. The average Bonchev–Trinajstić information content (AvgIpc) is 3.05. The van der Waals surface area contributed by atoms with Crippen molar-refractivity contribution in [3.8, 4) is 11.1 Å². The lowest BCUT2D eigenvalue weighted by atomic mass is 10.0. The van der Waals surface area contributed by atoms with E-state index < -0.39 is 0 Å². The third kappa shape index (κ3) is 4.88. The molecule has 0 spiro atoms. The average molecular weight is 365 g/mol. The summed E-state index contributed by atoms with van der Waals surface area (Å²) in [7, 11) is 0. The van der Waals surface area contributed by atoms with Gasteiger partial charge in [0.2, 0.25) is 5.91 Å². The summed E-state index contributed by atoms with van der Waals surface area (Å²) in [5.41, 5.74) is 4.26. The monoisotopic (exact) mass is 365 g/mol. The molecule has 2 N–H and O–H groups in total. The van der Waals surface area contributed by atoms with Crippen LogP contribution >= 0.6 is 0 Å². The van der Waals surface area contributed by atoms with Crippen molar-refractivity contribution in [3.05, 3.63) is 54.1 Å². The second-order valence-corrected chi connectivity index (χ2v) is 7.43. The van der Waals surface area contributed by atoms with Crippen LogP contribution in [-0.4, -0.2) is 35.5 Å². The molecule has 27 heavy (non-hydrogen) atoms. The minimum Gasteiger partial charge on any atom is -0.352 e. The molecular weight excluding hydrogens is 338 g/mol. The van der Waals surface area contributed by atoms with Gasteiger partial charge in [-0.1, -0.05) is 42.0 Å². The van der Waals surface area contributed by atoms with Crippen LogP contribution < -0.4 is 10.6 Å². The molecule has 1 fully saturated rings. The number of hydrogen-bond acceptors (Lipinski definition) is 2. The number of rotatable bonds is 5. The topological polar surface area (TPSA) is 61.4 Å². The molecule has 1 atom stereocenters. The molecule has 1 saturated heterocycles. The fourth-order valence-corrected chi connectivity index (χ4v) is 3.35. The number of amides is 3. The Hall–Kier alpha value is -2.82. The molecule has 2 aromatic carbocycles. The molecular formula is C22H27N3O2. The first-order chi connectivity index (χ1) is 12.9. The number of carbonyl (C=O) groups is 2. The summed E-state index contributed by atoms with van der Waals surface area (Å²) < 4.78 is 0. The molecule has 0 saturated carbocycles. The Morgan fingerprint density at radius 1 is 1.19 bits per heavy atom. The molecule has 3 rings (SSSR count). The first-order valence-corrected chi connectivity index (χ1v) is 9.46. The quantitative estimate of drug-likeness (QED) is 0.835. The summed E-state index contributed by atoms with van der Waals surface area (Å²) in [5, 5.41) is 5.90. The normalized spacial score (nSPS) is 16.3. The van der Waals surface area contributed by atoms with E-state index in [0.717, 1.165) is 23.2 Å². The Morgan fingerprint density at radius 3 is 2.52 bits per heavy atom. The summed E-state index contributed by atoms with van der Waals surface area (Å²) in [4.78, 5) is 25.9. The minimum atomic E-state index is -0.144. The standard InChI is InChI=1S/C22H27N3O2/c1-15(2)25(14-20-11-12-21(26)23-20)22(27)24-19-9-7-17(8-10-19)18-6-4-5-16(3)13-18/h4-10,13,15,20H,11-12,14H2,1-3H3,(H,23,26)(H,24,27). The fraction of sp³-hybridized carbons (Fsp3) is 0.364. The van der Waals surface area contributed by atoms with E-state index in [0.29, 0.717) is 13.0 Å². The van der Waals surface area contributed by atoms with E-state index in [4.69, 9.17) is 0 Å². The summed E-state index contributed by atoms with van der Waals surface area (Å²) in [6, 6.07) is 16.2. The van der Waals surface area contributed by atoms with Gasteiger partial charge >= 0.3 is 6.03 Å². The Bertz CT molecular complexity index is 815. The van der Waals surface area contributed by atoms with E-state index in [2.05, 4.69) is 35.8 Å². The predicted molar refractivity (Wildman–Crippen MR) is 109 cm³/mol. The van der Waals surface area contributed by atoms with Gasteiger partial charge in [-0.05, 0) is 50.5 Å². The predicted octanol–water partition coefficient (Wildman–Crippen LogP) is 4.18. The van der Waals surface area contributed by atoms with Crippen LogP contribution in [0, 0.1) is 6.92 Å². The Balaban J connectivity index is 1.65. The van der Waals surface area contributed by atoms with Crippen LogP contribution in [0.25, 0.3) is 11.1 Å². The summed E-state index contributed by atoms with van der Waals surface area (Å²) in [6.07, 6.45) is 1.32. The number of nitrogens with zero attached hydrogens (tertiary/aromatic N) is 1. The lowest BCUT2D eigenvalue weighted by Crippen LogP contribution is -2.47. The van der Waals surface area contributed by atoms with E-state index in [1.54, 1.807) is 4.90 Å². The molecule has 2 aromatic rings. The first-order valence-electron chi connectivity index (χ1n) is 9.46. The van der Waals surface area contributed by atoms with Crippen LogP contribution in [-0.2, 0) is 4.79 Å². The second kappa shape index (κ2) is 8.25. The zero-order chi connectivity index (χ0) is 19.4. The van der Waals surface area contributed by atoms with Gasteiger partial charge in [-0.3, -0.25) is 4.79 Å². The maximum absolute atomic E-state index is 12.7. The van der Waals surface area contributed by atoms with Gasteiger partial charge in [0.1, 0.15) is 0 Å². The largest absolute Gasteiger partial charge is 0.352 e. The third-order valence-electron chi connectivity index (χ3n) is 4.87. The molecule has 3 amide bonds. The van der Waals surface area contributed by atoms with Crippen molar-refractivity contribution >= 4 is 17.6 Å². The van der Waals surface area contributed by atoms with Gasteiger partial charge in [0.05, 0.1) is 0 Å². The fourth-order valence-electron chi connectivity index (χ4n) is 3.35. The highest BCUT2D eigenvalue weighted by Crippen LogP contribution is 2.22. The number of anilines is 1. The van der Waals surface area contributed by atoms with Gasteiger partial charge in [0.25, 0.3) is 0 Å². The van der Waals surface area contributed by atoms with Gasteiger partial charge in [0.15, 0.2) is 0 Å². The number of urea groups is 1. The van der Waals surface area contributed by atoms with Crippen LogP contribution in [0.4, 0.5) is 10.5 Å². The van der Waals surface area contributed by atoms with Crippen molar-refractivity contribution < 1.29 is 9.59 Å².